The van der Waals surface area contributed by atoms with Crippen LogP contribution in [-0.4, -0.2) is 62.9 Å². The first kappa shape index (κ1) is 68.8. The van der Waals surface area contributed by atoms with E-state index >= 15 is 0 Å². The van der Waals surface area contributed by atoms with E-state index in [2.05, 4.69) is 526 Å². The normalized spacial score (nSPS) is 17.4. The standard InChI is InChI=1S/C16HBr33O3S/c17-1(18,3(21,22)5(25,26)7(29,30)9(33,34)11(37,38)13(41,42)15(45,46)47)2(19,20)4(23,24)6(27,28)8(31,32)10(35,36)12(39,40)14(43,44)16(48,49)53(50,51)52/h(H,50,51,52). The van der Waals surface area contributed by atoms with Crippen LogP contribution in [0, 0.1) is 0 Å². The minimum atomic E-state index is -4.85. The van der Waals surface area contributed by atoms with Gasteiger partial charge < -0.3 is 0 Å². The van der Waals surface area contributed by atoms with E-state index in [1.807, 2.05) is 0 Å². The number of halogens is 33. The highest BCUT2D eigenvalue weighted by molar-refractivity contribution is 9.43. The Labute approximate surface area is 583 Å². The van der Waals surface area contributed by atoms with E-state index in [9.17, 15) is 13.0 Å². The van der Waals surface area contributed by atoms with E-state index in [4.69, 9.17) is 0 Å². The maximum atomic E-state index is 12.6. The Morgan fingerprint density at radius 2 is 0.340 bits per heavy atom. The Bertz CT molecular complexity index is 1480. The summed E-state index contributed by atoms with van der Waals surface area (Å²) in [6.07, 6.45) is 0. The molecule has 0 unspecified atom stereocenters. The van der Waals surface area contributed by atoms with Gasteiger partial charge in [-0.25, -0.2) is 0 Å². The molecule has 0 aliphatic rings. The van der Waals surface area contributed by atoms with Crippen molar-refractivity contribution < 1.29 is 13.0 Å². The second kappa shape index (κ2) is 21.8. The Balaban J connectivity index is 7.81. The molecule has 0 aliphatic heterocycles. The fraction of sp³-hybridized carbons (Fsp3) is 1.00. The molecule has 0 fully saturated rings. The van der Waals surface area contributed by atoms with Crippen LogP contribution in [0.15, 0.2) is 0 Å². The monoisotopic (exact) mass is 2880 g/mol. The summed E-state index contributed by atoms with van der Waals surface area (Å²) in [5.74, 6) is 0. The van der Waals surface area contributed by atoms with E-state index in [0.717, 1.165) is 0 Å². The average molecular weight is 2910 g/mol. The fourth-order valence-corrected chi connectivity index (χ4v) is 37.2. The highest BCUT2D eigenvalue weighted by Crippen LogP contribution is 2.83. The van der Waals surface area contributed by atoms with Gasteiger partial charge in [-0.2, -0.15) is 8.42 Å². The Kier molecular flexibility index (Phi) is 28.2. The van der Waals surface area contributed by atoms with E-state index in [0.29, 0.717) is 0 Å². The Morgan fingerprint density at radius 1 is 0.226 bits per heavy atom. The highest BCUT2D eigenvalue weighted by atomic mass is 80.0. The minimum Gasteiger partial charge on any atom is -0.284 e. The molecule has 0 aromatic heterocycles. The summed E-state index contributed by atoms with van der Waals surface area (Å²) in [6.45, 7) is 0. The van der Waals surface area contributed by atoms with Gasteiger partial charge in [0.1, 0.15) is 45.3 Å². The number of hydrogen-bond donors (Lipinski definition) is 1. The predicted octanol–water partition coefficient (Wildman–Crippen LogP) is 24.0. The summed E-state index contributed by atoms with van der Waals surface area (Å²) in [6, 6.07) is 0. The lowest BCUT2D eigenvalue weighted by Gasteiger charge is -2.62. The zero-order chi connectivity index (χ0) is 44.5. The fourth-order valence-electron chi connectivity index (χ4n) is 2.89. The second-order valence-electron chi connectivity index (χ2n) is 9.53. The van der Waals surface area contributed by atoms with Crippen molar-refractivity contribution in [1.29, 1.82) is 0 Å². The third-order valence-corrected chi connectivity index (χ3v) is 79.4. The molecule has 0 saturated carbocycles. The van der Waals surface area contributed by atoms with Crippen molar-refractivity contribution in [2.45, 2.75) is 50.0 Å². The van der Waals surface area contributed by atoms with Crippen LogP contribution in [0.5, 0.6) is 0 Å². The molecule has 0 aromatic carbocycles. The first-order valence-corrected chi connectivity index (χ1v) is 38.3. The third-order valence-electron chi connectivity index (χ3n) is 6.17. The second-order valence-corrected chi connectivity index (χ2v) is 70.6. The summed E-state index contributed by atoms with van der Waals surface area (Å²) in [5, 5.41) is 0. The minimum absolute atomic E-state index is 0.937. The molecule has 0 saturated heterocycles. The van der Waals surface area contributed by atoms with Gasteiger partial charge in [-0.05, 0) is 31.9 Å². The lowest BCUT2D eigenvalue weighted by atomic mass is 10.0. The molecule has 3 nitrogen and oxygen atoms in total. The molecule has 0 atom stereocenters. The molecule has 0 bridgehead atoms. The molecule has 53 heavy (non-hydrogen) atoms. The highest BCUT2D eigenvalue weighted by Gasteiger charge is 2.84. The summed E-state index contributed by atoms with van der Waals surface area (Å²) >= 11 is 124. The van der Waals surface area contributed by atoms with Gasteiger partial charge in [0, 0.05) is 0 Å². The predicted molar refractivity (Wildman–Crippen MR) is 350 cm³/mol. The maximum Gasteiger partial charge on any atom is 0.293 e. The van der Waals surface area contributed by atoms with Gasteiger partial charge in [0.25, 0.3) is 10.1 Å². The van der Waals surface area contributed by atoms with Crippen molar-refractivity contribution in [1.82, 2.24) is 0 Å². The van der Waals surface area contributed by atoms with E-state index < -0.39 is 60.1 Å². The van der Waals surface area contributed by atoms with Gasteiger partial charge >= 0.3 is 0 Å². The summed E-state index contributed by atoms with van der Waals surface area (Å²) < 4.78 is 12.3. The number of alkyl halides is 33. The summed E-state index contributed by atoms with van der Waals surface area (Å²) in [5.41, 5.74) is 0. The molecule has 0 heterocycles. The smallest absolute Gasteiger partial charge is 0.284 e. The Morgan fingerprint density at radius 3 is 0.453 bits per heavy atom. The van der Waals surface area contributed by atoms with Crippen molar-refractivity contribution in [2.24, 2.45) is 0 Å². The van der Waals surface area contributed by atoms with Crippen molar-refractivity contribution in [3.05, 3.63) is 0 Å². The zero-order valence-corrected chi connectivity index (χ0v) is 75.3. The van der Waals surface area contributed by atoms with Gasteiger partial charge in [-0.15, -0.1) is 0 Å². The first-order valence-electron chi connectivity index (χ1n) is 10.7. The quantitative estimate of drug-likeness (QED) is 0.131. The summed E-state index contributed by atoms with van der Waals surface area (Å²) in [7, 11) is -4.85. The van der Waals surface area contributed by atoms with Crippen LogP contribution in [0.4, 0.5) is 0 Å². The lowest BCUT2D eigenvalue weighted by molar-refractivity contribution is 0.470. The van der Waals surface area contributed by atoms with Crippen LogP contribution in [0.2, 0.25) is 0 Å². The van der Waals surface area contributed by atoms with Crippen molar-refractivity contribution in [2.75, 3.05) is 0 Å². The van der Waals surface area contributed by atoms with Gasteiger partial charge in [0.05, 0.1) is 0 Å². The first-order chi connectivity index (χ1) is 22.0. The SMILES string of the molecule is O=S(=O)(O)C(Br)(Br)C(Br)(Br)C(Br)(Br)C(Br)(Br)C(Br)(Br)C(Br)(Br)C(Br)(Br)C(Br)(Br)C(Br)(Br)C(Br)(Br)C(Br)(Br)C(Br)(Br)C(Br)(Br)C(Br)(Br)C(Br)(Br)C(Br)(Br)Br. The summed E-state index contributed by atoms with van der Waals surface area (Å²) in [4.78, 5) is 0. The van der Waals surface area contributed by atoms with E-state index in [1.165, 1.54) is 0 Å². The molecule has 1 N–H and O–H groups in total. The van der Waals surface area contributed by atoms with Crippen LogP contribution in [0.1, 0.15) is 0 Å². The number of hydrogen-bond acceptors (Lipinski definition) is 2. The van der Waals surface area contributed by atoms with Crippen molar-refractivity contribution in [3.63, 3.8) is 0 Å². The zero-order valence-electron chi connectivity index (χ0n) is 22.1. The molecule has 320 valence electrons. The molecule has 0 rings (SSSR count). The topological polar surface area (TPSA) is 54.4 Å². The molecule has 0 aliphatic carbocycles. The van der Waals surface area contributed by atoms with Gasteiger partial charge in [0.15, 0.2) is 2.14 Å². The molecular weight excluding hydrogens is 2910 g/mol. The molecule has 0 amide bonds. The average Bonchev–Trinajstić information content (AvgIpc) is 2.89. The van der Waals surface area contributed by atoms with Crippen LogP contribution >= 0.6 is 526 Å². The molecule has 0 radical (unpaired) electrons. The number of rotatable bonds is 15. The molecule has 0 spiro atoms. The van der Waals surface area contributed by atoms with E-state index in [-0.39, 0.29) is 0 Å². The van der Waals surface area contributed by atoms with Gasteiger partial charge in [-0.1, -0.05) is 494 Å². The van der Waals surface area contributed by atoms with Gasteiger partial charge in [0.2, 0.25) is 2.57 Å². The molecule has 37 heteroatoms. The van der Waals surface area contributed by atoms with Crippen LogP contribution < -0.4 is 0 Å². The molecular formula is C16HBr33O3S. The van der Waals surface area contributed by atoms with Crippen molar-refractivity contribution in [3.8, 4) is 0 Å². The maximum absolute atomic E-state index is 12.6. The lowest BCUT2D eigenvalue weighted by Crippen LogP contribution is -2.73. The van der Waals surface area contributed by atoms with Gasteiger partial charge in [-0.3, -0.25) is 4.55 Å². The van der Waals surface area contributed by atoms with Crippen LogP contribution in [0.3, 0.4) is 0 Å². The van der Waals surface area contributed by atoms with Crippen molar-refractivity contribution >= 4 is 536 Å². The van der Waals surface area contributed by atoms with Crippen LogP contribution in [-0.2, 0) is 10.1 Å². The van der Waals surface area contributed by atoms with Crippen LogP contribution in [0.25, 0.3) is 0 Å². The largest absolute Gasteiger partial charge is 0.293 e. The Hall–Kier alpha value is 15.8. The molecule has 0 aromatic rings. The van der Waals surface area contributed by atoms with E-state index in [1.54, 1.807) is 0 Å². The third kappa shape index (κ3) is 11.5.